The summed E-state index contributed by atoms with van der Waals surface area (Å²) in [5, 5.41) is 10.4. The lowest BCUT2D eigenvalue weighted by Crippen LogP contribution is -1.88. The molecule has 0 aliphatic heterocycles. The van der Waals surface area contributed by atoms with Crippen molar-refractivity contribution in [3.8, 4) is 16.3 Å². The van der Waals surface area contributed by atoms with Gasteiger partial charge in [-0.25, -0.2) is 9.97 Å². The van der Waals surface area contributed by atoms with E-state index in [1.165, 1.54) is 6.33 Å². The van der Waals surface area contributed by atoms with Crippen molar-refractivity contribution < 1.29 is 4.74 Å². The van der Waals surface area contributed by atoms with Crippen LogP contribution in [-0.2, 0) is 5.75 Å². The molecule has 108 valence electrons. The van der Waals surface area contributed by atoms with Crippen LogP contribution in [0.1, 0.15) is 5.69 Å². The van der Waals surface area contributed by atoms with Crippen LogP contribution in [0, 0.1) is 0 Å². The summed E-state index contributed by atoms with van der Waals surface area (Å²) in [6.45, 7) is 0. The van der Waals surface area contributed by atoms with Gasteiger partial charge in [0.05, 0.1) is 18.4 Å². The SMILES string of the molecule is COc1ccc(Br)cc1-c1nc(CSc2ncn[nH]2)cs1. The quantitative estimate of drug-likeness (QED) is 0.675. The number of halogens is 1. The lowest BCUT2D eigenvalue weighted by Gasteiger charge is -2.06. The molecular formula is C13H11BrN4OS2. The molecule has 0 aliphatic carbocycles. The number of nitrogens with one attached hydrogen (secondary N) is 1. The Morgan fingerprint density at radius 3 is 3.10 bits per heavy atom. The number of benzene rings is 1. The second kappa shape index (κ2) is 6.59. The number of aromatic amines is 1. The van der Waals surface area contributed by atoms with Crippen LogP contribution in [0.25, 0.3) is 10.6 Å². The second-order valence-corrected chi connectivity index (χ2v) is 6.81. The number of thioether (sulfide) groups is 1. The van der Waals surface area contributed by atoms with Crippen LogP contribution in [0.3, 0.4) is 0 Å². The first kappa shape index (κ1) is 14.6. The minimum atomic E-state index is 0.752. The van der Waals surface area contributed by atoms with E-state index in [2.05, 4.69) is 41.5 Å². The van der Waals surface area contributed by atoms with E-state index < -0.39 is 0 Å². The summed E-state index contributed by atoms with van der Waals surface area (Å²) in [4.78, 5) is 8.75. The minimum absolute atomic E-state index is 0.752. The first-order chi connectivity index (χ1) is 10.3. The summed E-state index contributed by atoms with van der Waals surface area (Å²) < 4.78 is 6.41. The molecule has 0 aliphatic rings. The molecular weight excluding hydrogens is 372 g/mol. The van der Waals surface area contributed by atoms with Gasteiger partial charge in [-0.3, -0.25) is 5.10 Å². The molecule has 1 aromatic carbocycles. The number of H-pyrrole nitrogens is 1. The van der Waals surface area contributed by atoms with Gasteiger partial charge in [0.25, 0.3) is 0 Å². The van der Waals surface area contributed by atoms with E-state index in [0.717, 1.165) is 37.4 Å². The average molecular weight is 383 g/mol. The molecule has 0 atom stereocenters. The maximum absolute atomic E-state index is 5.40. The molecule has 1 N–H and O–H groups in total. The van der Waals surface area contributed by atoms with Crippen molar-refractivity contribution in [2.75, 3.05) is 7.11 Å². The molecule has 2 aromatic heterocycles. The molecule has 0 bridgehead atoms. The van der Waals surface area contributed by atoms with Crippen LogP contribution in [0.5, 0.6) is 5.75 Å². The van der Waals surface area contributed by atoms with E-state index in [-0.39, 0.29) is 0 Å². The summed E-state index contributed by atoms with van der Waals surface area (Å²) in [5.74, 6) is 1.57. The fourth-order valence-electron chi connectivity index (χ4n) is 1.75. The molecule has 0 saturated carbocycles. The standard InChI is InChI=1S/C13H11BrN4OS2/c1-19-11-3-2-8(14)4-10(11)12-17-9(5-20-12)6-21-13-15-7-16-18-13/h2-5,7H,6H2,1H3,(H,15,16,18). The Labute approximate surface area is 138 Å². The number of nitrogens with zero attached hydrogens (tertiary/aromatic N) is 3. The molecule has 21 heavy (non-hydrogen) atoms. The van der Waals surface area contributed by atoms with Gasteiger partial charge in [0.2, 0.25) is 0 Å². The molecule has 0 amide bonds. The number of rotatable bonds is 5. The lowest BCUT2D eigenvalue weighted by molar-refractivity contribution is 0.416. The van der Waals surface area contributed by atoms with Gasteiger partial charge in [-0.05, 0) is 18.2 Å². The van der Waals surface area contributed by atoms with Gasteiger partial charge in [-0.2, -0.15) is 5.10 Å². The van der Waals surface area contributed by atoms with Gasteiger partial charge >= 0.3 is 0 Å². The highest BCUT2D eigenvalue weighted by Crippen LogP contribution is 2.35. The van der Waals surface area contributed by atoms with Crippen molar-refractivity contribution in [2.45, 2.75) is 10.9 Å². The van der Waals surface area contributed by atoms with Crippen LogP contribution >= 0.6 is 39.0 Å². The summed E-state index contributed by atoms with van der Waals surface area (Å²) in [5.41, 5.74) is 2.01. The van der Waals surface area contributed by atoms with Crippen LogP contribution < -0.4 is 4.74 Å². The van der Waals surface area contributed by atoms with Crippen LogP contribution in [0.15, 0.2) is 39.5 Å². The highest BCUT2D eigenvalue weighted by Gasteiger charge is 2.11. The van der Waals surface area contributed by atoms with Gasteiger partial charge in [0, 0.05) is 15.6 Å². The monoisotopic (exact) mass is 382 g/mol. The van der Waals surface area contributed by atoms with Gasteiger partial charge < -0.3 is 4.74 Å². The molecule has 0 spiro atoms. The summed E-state index contributed by atoms with van der Waals surface area (Å²) in [6, 6.07) is 5.91. The molecule has 8 heteroatoms. The molecule has 5 nitrogen and oxygen atoms in total. The Hall–Kier alpha value is -1.38. The topological polar surface area (TPSA) is 63.7 Å². The number of methoxy groups -OCH3 is 1. The normalized spacial score (nSPS) is 10.8. The van der Waals surface area contributed by atoms with E-state index in [9.17, 15) is 0 Å². The Bertz CT molecular complexity index is 730. The van der Waals surface area contributed by atoms with Crippen molar-refractivity contribution >= 4 is 39.0 Å². The number of hydrogen-bond donors (Lipinski definition) is 1. The third-order valence-corrected chi connectivity index (χ3v) is 5.02. The van der Waals surface area contributed by atoms with E-state index in [1.54, 1.807) is 30.2 Å². The molecule has 0 saturated heterocycles. The first-order valence-electron chi connectivity index (χ1n) is 6.03. The van der Waals surface area contributed by atoms with Crippen molar-refractivity contribution in [3.05, 3.63) is 40.1 Å². The van der Waals surface area contributed by atoms with E-state index in [0.29, 0.717) is 0 Å². The number of ether oxygens (including phenoxy) is 1. The second-order valence-electron chi connectivity index (χ2n) is 4.07. The van der Waals surface area contributed by atoms with Crippen molar-refractivity contribution in [1.82, 2.24) is 20.2 Å². The minimum Gasteiger partial charge on any atom is -0.496 e. The highest BCUT2D eigenvalue weighted by atomic mass is 79.9. The van der Waals surface area contributed by atoms with E-state index in [4.69, 9.17) is 4.74 Å². The molecule has 2 heterocycles. The predicted molar refractivity (Wildman–Crippen MR) is 87.7 cm³/mol. The smallest absolute Gasteiger partial charge is 0.183 e. The zero-order valence-corrected chi connectivity index (χ0v) is 14.3. The van der Waals surface area contributed by atoms with E-state index in [1.807, 2.05) is 18.2 Å². The van der Waals surface area contributed by atoms with Crippen molar-refractivity contribution in [1.29, 1.82) is 0 Å². The Balaban J connectivity index is 1.79. The summed E-state index contributed by atoms with van der Waals surface area (Å²) in [7, 11) is 1.67. The van der Waals surface area contributed by atoms with E-state index >= 15 is 0 Å². The van der Waals surface area contributed by atoms with Crippen molar-refractivity contribution in [3.63, 3.8) is 0 Å². The molecule has 3 rings (SSSR count). The summed E-state index contributed by atoms with van der Waals surface area (Å²) >= 11 is 6.67. The number of aromatic nitrogens is 4. The average Bonchev–Trinajstić information content (AvgIpc) is 3.16. The van der Waals surface area contributed by atoms with Gasteiger partial charge in [-0.1, -0.05) is 27.7 Å². The zero-order chi connectivity index (χ0) is 14.7. The van der Waals surface area contributed by atoms with Crippen LogP contribution in [-0.4, -0.2) is 27.3 Å². The highest BCUT2D eigenvalue weighted by molar-refractivity contribution is 9.10. The Morgan fingerprint density at radius 2 is 2.33 bits per heavy atom. The van der Waals surface area contributed by atoms with Gasteiger partial charge in [-0.15, -0.1) is 11.3 Å². The van der Waals surface area contributed by atoms with Gasteiger partial charge in [0.15, 0.2) is 5.16 Å². The Kier molecular flexibility index (Phi) is 4.57. The molecule has 0 radical (unpaired) electrons. The summed E-state index contributed by atoms with van der Waals surface area (Å²) in [6.07, 6.45) is 1.50. The third kappa shape index (κ3) is 3.45. The first-order valence-corrected chi connectivity index (χ1v) is 8.68. The fraction of sp³-hybridized carbons (Fsp3) is 0.154. The maximum atomic E-state index is 5.40. The predicted octanol–water partition coefficient (Wildman–Crippen LogP) is 3.99. The van der Waals surface area contributed by atoms with Gasteiger partial charge in [0.1, 0.15) is 17.1 Å². The molecule has 3 aromatic rings. The molecule has 0 unspecified atom stereocenters. The van der Waals surface area contributed by atoms with Crippen molar-refractivity contribution in [2.24, 2.45) is 0 Å². The zero-order valence-electron chi connectivity index (χ0n) is 11.0. The van der Waals surface area contributed by atoms with Crippen LogP contribution in [0.4, 0.5) is 0 Å². The largest absolute Gasteiger partial charge is 0.496 e. The van der Waals surface area contributed by atoms with Crippen LogP contribution in [0.2, 0.25) is 0 Å². The maximum Gasteiger partial charge on any atom is 0.183 e. The lowest BCUT2D eigenvalue weighted by atomic mass is 10.2. The fourth-order valence-corrected chi connectivity index (χ4v) is 3.73. The number of thiazole rings is 1. The number of hydrogen-bond acceptors (Lipinski definition) is 6. The third-order valence-electron chi connectivity index (χ3n) is 2.69. The molecule has 0 fully saturated rings. The Morgan fingerprint density at radius 1 is 1.43 bits per heavy atom.